The molecule has 7 heteroatoms. The van der Waals surface area contributed by atoms with E-state index >= 15 is 0 Å². The molecular weight excluding hydrogens is 330 g/mol. The largest absolute Gasteiger partial charge is 0.345 e. The highest BCUT2D eigenvalue weighted by molar-refractivity contribution is 5.73. The average Bonchev–Trinajstić information content (AvgIpc) is 2.96. The lowest BCUT2D eigenvalue weighted by Gasteiger charge is -2.19. The van der Waals surface area contributed by atoms with Gasteiger partial charge in [-0.05, 0) is 37.3 Å². The molecule has 140 valence electrons. The van der Waals surface area contributed by atoms with Crippen LogP contribution >= 0.6 is 0 Å². The van der Waals surface area contributed by atoms with Crippen molar-refractivity contribution in [2.45, 2.75) is 52.2 Å². The van der Waals surface area contributed by atoms with Crippen LogP contribution < -0.4 is 11.0 Å². The lowest BCUT2D eigenvalue weighted by atomic mass is 10.1. The van der Waals surface area contributed by atoms with Crippen LogP contribution in [0.2, 0.25) is 0 Å². The molecule has 0 saturated carbocycles. The smallest absolute Gasteiger partial charge is 0.338 e. The third-order valence-electron chi connectivity index (χ3n) is 4.87. The number of aryl methyl sites for hydroxylation is 3. The quantitative estimate of drug-likeness (QED) is 0.803. The van der Waals surface area contributed by atoms with Crippen molar-refractivity contribution < 1.29 is 4.79 Å². The van der Waals surface area contributed by atoms with Crippen LogP contribution in [-0.2, 0) is 26.1 Å². The molecule has 2 amide bonds. The fourth-order valence-electron chi connectivity index (χ4n) is 3.27. The molecule has 0 atom stereocenters. The van der Waals surface area contributed by atoms with Gasteiger partial charge in [-0.3, -0.25) is 4.57 Å². The maximum atomic E-state index is 12.3. The minimum Gasteiger partial charge on any atom is -0.338 e. The number of hydrogen-bond acceptors (Lipinski definition) is 3. The summed E-state index contributed by atoms with van der Waals surface area (Å²) in [5, 5.41) is 7.32. The number of carbonyl (C=O) groups excluding carboxylic acids is 1. The Balaban J connectivity index is 1.45. The Morgan fingerprint density at radius 2 is 2.12 bits per heavy atom. The van der Waals surface area contributed by atoms with E-state index in [1.165, 1.54) is 10.2 Å². The Bertz CT molecular complexity index is 824. The van der Waals surface area contributed by atoms with E-state index in [0.717, 1.165) is 37.2 Å². The molecule has 7 nitrogen and oxygen atoms in total. The maximum Gasteiger partial charge on any atom is 0.345 e. The van der Waals surface area contributed by atoms with Crippen LogP contribution in [0.5, 0.6) is 0 Å². The minimum atomic E-state index is -0.107. The van der Waals surface area contributed by atoms with E-state index < -0.39 is 0 Å². The van der Waals surface area contributed by atoms with Crippen molar-refractivity contribution >= 4 is 6.03 Å². The van der Waals surface area contributed by atoms with E-state index in [0.29, 0.717) is 26.1 Å². The summed E-state index contributed by atoms with van der Waals surface area (Å²) < 4.78 is 3.31. The summed E-state index contributed by atoms with van der Waals surface area (Å²) in [5.41, 5.74) is 2.29. The van der Waals surface area contributed by atoms with Gasteiger partial charge in [0.25, 0.3) is 0 Å². The molecule has 2 heterocycles. The summed E-state index contributed by atoms with van der Waals surface area (Å²) in [5.74, 6) is 0.892. The topological polar surface area (TPSA) is 72.2 Å². The number of urea groups is 1. The second kappa shape index (κ2) is 8.21. The van der Waals surface area contributed by atoms with Gasteiger partial charge in [-0.2, -0.15) is 5.10 Å². The van der Waals surface area contributed by atoms with E-state index in [4.69, 9.17) is 0 Å². The van der Waals surface area contributed by atoms with E-state index in [2.05, 4.69) is 10.4 Å². The predicted molar refractivity (Wildman–Crippen MR) is 100 cm³/mol. The summed E-state index contributed by atoms with van der Waals surface area (Å²) in [7, 11) is 1.79. The van der Waals surface area contributed by atoms with Gasteiger partial charge in [-0.15, -0.1) is 0 Å². The van der Waals surface area contributed by atoms with Crippen LogP contribution in [0.25, 0.3) is 0 Å². The predicted octanol–water partition coefficient (Wildman–Crippen LogP) is 1.92. The van der Waals surface area contributed by atoms with E-state index in [9.17, 15) is 9.59 Å². The van der Waals surface area contributed by atoms with Gasteiger partial charge in [-0.25, -0.2) is 14.3 Å². The van der Waals surface area contributed by atoms with Gasteiger partial charge in [0.15, 0.2) is 0 Å². The summed E-state index contributed by atoms with van der Waals surface area (Å²) in [6.07, 6.45) is 3.70. The van der Waals surface area contributed by atoms with E-state index in [1.54, 1.807) is 16.5 Å². The van der Waals surface area contributed by atoms with Crippen molar-refractivity contribution in [1.82, 2.24) is 24.6 Å². The summed E-state index contributed by atoms with van der Waals surface area (Å²) in [6.45, 7) is 4.44. The number of amides is 2. The first-order valence-electron chi connectivity index (χ1n) is 9.26. The number of benzene rings is 1. The lowest BCUT2D eigenvalue weighted by Crippen LogP contribution is -2.38. The van der Waals surface area contributed by atoms with Gasteiger partial charge >= 0.3 is 11.7 Å². The first-order valence-corrected chi connectivity index (χ1v) is 9.26. The summed E-state index contributed by atoms with van der Waals surface area (Å²) in [6, 6.07) is 7.95. The fourth-order valence-corrected chi connectivity index (χ4v) is 3.27. The number of carbonyl (C=O) groups is 1. The van der Waals surface area contributed by atoms with E-state index in [-0.39, 0.29) is 11.7 Å². The Labute approximate surface area is 153 Å². The highest BCUT2D eigenvalue weighted by atomic mass is 16.2. The maximum absolute atomic E-state index is 12.3. The van der Waals surface area contributed by atoms with Crippen molar-refractivity contribution in [3.8, 4) is 0 Å². The second-order valence-corrected chi connectivity index (χ2v) is 6.90. The molecule has 0 fully saturated rings. The van der Waals surface area contributed by atoms with Gasteiger partial charge in [0.05, 0.1) is 0 Å². The molecule has 1 aliphatic rings. The number of rotatable bonds is 6. The first-order chi connectivity index (χ1) is 12.6. The number of nitrogens with one attached hydrogen (secondary N) is 1. The third-order valence-corrected chi connectivity index (χ3v) is 4.87. The normalized spacial score (nSPS) is 13.3. The van der Waals surface area contributed by atoms with E-state index in [1.807, 2.05) is 31.2 Å². The van der Waals surface area contributed by atoms with Crippen LogP contribution in [0.4, 0.5) is 4.79 Å². The highest BCUT2D eigenvalue weighted by Crippen LogP contribution is 2.10. The van der Waals surface area contributed by atoms with Gasteiger partial charge in [0.2, 0.25) is 0 Å². The van der Waals surface area contributed by atoms with Crippen LogP contribution in [0.1, 0.15) is 36.2 Å². The monoisotopic (exact) mass is 357 g/mol. The van der Waals surface area contributed by atoms with Gasteiger partial charge in [-0.1, -0.05) is 24.3 Å². The molecule has 0 bridgehead atoms. The molecule has 0 saturated heterocycles. The zero-order valence-electron chi connectivity index (χ0n) is 15.6. The molecule has 1 aromatic heterocycles. The zero-order chi connectivity index (χ0) is 18.5. The standard InChI is InChI=1S/C19H27N5O2/c1-15-8-3-4-9-16(15)14-22(2)18(25)20-11-7-13-24-19(26)23-12-6-5-10-17(23)21-24/h3-4,8-9H,5-7,10-14H2,1-2H3,(H,20,25). The van der Waals surface area contributed by atoms with Crippen molar-refractivity contribution in [2.75, 3.05) is 13.6 Å². The number of hydrogen-bond donors (Lipinski definition) is 1. The molecule has 0 unspecified atom stereocenters. The van der Waals surface area contributed by atoms with Crippen LogP contribution in [0.15, 0.2) is 29.1 Å². The molecule has 1 N–H and O–H groups in total. The fraction of sp³-hybridized carbons (Fsp3) is 0.526. The van der Waals surface area contributed by atoms with Gasteiger partial charge < -0.3 is 10.2 Å². The molecule has 2 aromatic rings. The van der Waals surface area contributed by atoms with Crippen molar-refractivity contribution in [2.24, 2.45) is 0 Å². The highest BCUT2D eigenvalue weighted by Gasteiger charge is 2.16. The molecule has 0 radical (unpaired) electrons. The van der Waals surface area contributed by atoms with Crippen molar-refractivity contribution in [3.63, 3.8) is 0 Å². The zero-order valence-corrected chi connectivity index (χ0v) is 15.6. The van der Waals surface area contributed by atoms with Crippen molar-refractivity contribution in [3.05, 3.63) is 51.7 Å². The van der Waals surface area contributed by atoms with Crippen LogP contribution in [0, 0.1) is 6.92 Å². The Morgan fingerprint density at radius 1 is 1.31 bits per heavy atom. The molecule has 1 aliphatic heterocycles. The van der Waals surface area contributed by atoms with Crippen LogP contribution in [0.3, 0.4) is 0 Å². The first kappa shape index (κ1) is 18.2. The number of aromatic nitrogens is 3. The molecule has 0 aliphatic carbocycles. The average molecular weight is 357 g/mol. The minimum absolute atomic E-state index is 0.0253. The second-order valence-electron chi connectivity index (χ2n) is 6.90. The summed E-state index contributed by atoms with van der Waals surface area (Å²) >= 11 is 0. The van der Waals surface area contributed by atoms with Gasteiger partial charge in [0, 0.05) is 39.6 Å². The SMILES string of the molecule is Cc1ccccc1CN(C)C(=O)NCCCn1nc2n(c1=O)CCCC2. The Kier molecular flexibility index (Phi) is 5.75. The third kappa shape index (κ3) is 4.15. The molecule has 1 aromatic carbocycles. The molecule has 26 heavy (non-hydrogen) atoms. The number of fused-ring (bicyclic) bond motifs is 1. The Hall–Kier alpha value is -2.57. The van der Waals surface area contributed by atoms with Crippen molar-refractivity contribution in [1.29, 1.82) is 0 Å². The molecular formula is C19H27N5O2. The van der Waals surface area contributed by atoms with Crippen LogP contribution in [-0.4, -0.2) is 38.9 Å². The Morgan fingerprint density at radius 3 is 2.88 bits per heavy atom. The van der Waals surface area contributed by atoms with Gasteiger partial charge in [0.1, 0.15) is 5.82 Å². The molecule has 0 spiro atoms. The lowest BCUT2D eigenvalue weighted by molar-refractivity contribution is 0.206. The summed E-state index contributed by atoms with van der Waals surface area (Å²) in [4.78, 5) is 26.1. The molecule has 3 rings (SSSR count). The number of nitrogens with zero attached hydrogens (tertiary/aromatic N) is 4.